The second-order valence-electron chi connectivity index (χ2n) is 17.6. The van der Waals surface area contributed by atoms with Crippen LogP contribution in [0.4, 0.5) is 0 Å². The van der Waals surface area contributed by atoms with Crippen LogP contribution in [0.2, 0.25) is 0 Å². The van der Waals surface area contributed by atoms with E-state index in [-0.39, 0.29) is 5.41 Å². The average molecular weight is 834 g/mol. The Kier molecular flexibility index (Phi) is 8.18. The third kappa shape index (κ3) is 6.04. The summed E-state index contributed by atoms with van der Waals surface area (Å²) in [6.45, 7) is 4.65. The molecule has 0 atom stereocenters. The Balaban J connectivity index is 0.927. The number of hydrogen-bond donors (Lipinski definition) is 0. The average Bonchev–Trinajstić information content (AvgIpc) is 4.01. The molecule has 0 amide bonds. The molecular weight excluding hydrogens is 795 g/mol. The highest BCUT2D eigenvalue weighted by molar-refractivity contribution is 6.13. The van der Waals surface area contributed by atoms with E-state index in [1.54, 1.807) is 0 Å². The zero-order valence-corrected chi connectivity index (χ0v) is 35.7. The molecule has 1 aliphatic carbocycles. The van der Waals surface area contributed by atoms with Crippen LogP contribution in [-0.2, 0) is 5.41 Å². The molecule has 12 aromatic rings. The molecule has 65 heavy (non-hydrogen) atoms. The summed E-state index contributed by atoms with van der Waals surface area (Å²) in [6.07, 6.45) is 0. The quantitative estimate of drug-likeness (QED) is 0.167. The molecule has 0 bridgehead atoms. The van der Waals surface area contributed by atoms with E-state index in [2.05, 4.69) is 166 Å². The van der Waals surface area contributed by atoms with Gasteiger partial charge in [0.2, 0.25) is 0 Å². The molecule has 1 aliphatic rings. The summed E-state index contributed by atoms with van der Waals surface area (Å²) in [5.74, 6) is 1.72. The van der Waals surface area contributed by atoms with Crippen molar-refractivity contribution in [2.24, 2.45) is 0 Å². The molecule has 0 saturated carbocycles. The molecule has 5 nitrogen and oxygen atoms in total. The fourth-order valence-corrected chi connectivity index (χ4v) is 10.0. The van der Waals surface area contributed by atoms with E-state index < -0.39 is 0 Å². The van der Waals surface area contributed by atoms with E-state index in [1.807, 2.05) is 48.5 Å². The molecule has 13 rings (SSSR count). The molecule has 9 aromatic carbocycles. The van der Waals surface area contributed by atoms with Gasteiger partial charge in [0.15, 0.2) is 17.5 Å². The van der Waals surface area contributed by atoms with Crippen molar-refractivity contribution < 1.29 is 8.83 Å². The summed E-state index contributed by atoms with van der Waals surface area (Å²) >= 11 is 0. The monoisotopic (exact) mass is 833 g/mol. The lowest BCUT2D eigenvalue weighted by molar-refractivity contribution is 0.660. The van der Waals surface area contributed by atoms with Crippen molar-refractivity contribution >= 4 is 43.9 Å². The Bertz CT molecular complexity index is 3860. The Morgan fingerprint density at radius 2 is 0.800 bits per heavy atom. The first-order valence-corrected chi connectivity index (χ1v) is 22.1. The van der Waals surface area contributed by atoms with Gasteiger partial charge in [0, 0.05) is 43.7 Å². The molecule has 5 heteroatoms. The molecule has 306 valence electrons. The van der Waals surface area contributed by atoms with E-state index in [4.69, 9.17) is 23.8 Å². The predicted molar refractivity (Wildman–Crippen MR) is 265 cm³/mol. The van der Waals surface area contributed by atoms with Crippen LogP contribution in [0.5, 0.6) is 0 Å². The lowest BCUT2D eigenvalue weighted by atomic mass is 9.82. The number of rotatable bonds is 6. The molecule has 0 N–H and O–H groups in total. The number of hydrogen-bond acceptors (Lipinski definition) is 5. The minimum Gasteiger partial charge on any atom is -0.456 e. The van der Waals surface area contributed by atoms with Crippen LogP contribution in [0.15, 0.2) is 209 Å². The summed E-state index contributed by atoms with van der Waals surface area (Å²) in [5.41, 5.74) is 18.1. The predicted octanol–water partition coefficient (Wildman–Crippen LogP) is 16.0. The van der Waals surface area contributed by atoms with Gasteiger partial charge in [-0.1, -0.05) is 159 Å². The van der Waals surface area contributed by atoms with Gasteiger partial charge in [-0.05, 0) is 110 Å². The smallest absolute Gasteiger partial charge is 0.164 e. The fourth-order valence-electron chi connectivity index (χ4n) is 10.0. The molecule has 0 saturated heterocycles. The first-order valence-electron chi connectivity index (χ1n) is 22.1. The van der Waals surface area contributed by atoms with Crippen molar-refractivity contribution in [2.75, 3.05) is 0 Å². The van der Waals surface area contributed by atoms with Crippen LogP contribution in [-0.4, -0.2) is 15.0 Å². The highest BCUT2D eigenvalue weighted by atomic mass is 16.3. The molecule has 3 heterocycles. The van der Waals surface area contributed by atoms with Crippen LogP contribution in [0.3, 0.4) is 0 Å². The van der Waals surface area contributed by atoms with Gasteiger partial charge in [0.05, 0.1) is 0 Å². The molecule has 0 radical (unpaired) electrons. The number of furan rings is 2. The van der Waals surface area contributed by atoms with Gasteiger partial charge < -0.3 is 8.83 Å². The molecule has 0 aliphatic heterocycles. The van der Waals surface area contributed by atoms with Gasteiger partial charge in [-0.25, -0.2) is 15.0 Å². The van der Waals surface area contributed by atoms with Gasteiger partial charge >= 0.3 is 0 Å². The summed E-state index contributed by atoms with van der Waals surface area (Å²) < 4.78 is 12.8. The van der Waals surface area contributed by atoms with Gasteiger partial charge in [-0.2, -0.15) is 0 Å². The number of benzene rings is 9. The summed E-state index contributed by atoms with van der Waals surface area (Å²) in [4.78, 5) is 15.7. The Labute approximate surface area is 375 Å². The Morgan fingerprint density at radius 3 is 1.63 bits per heavy atom. The normalized spacial score (nSPS) is 12.9. The van der Waals surface area contributed by atoms with Gasteiger partial charge in [0.1, 0.15) is 22.3 Å². The van der Waals surface area contributed by atoms with E-state index in [0.717, 1.165) is 82.8 Å². The molecule has 0 fully saturated rings. The molecule has 3 aromatic heterocycles. The first-order chi connectivity index (χ1) is 31.9. The zero-order chi connectivity index (χ0) is 43.2. The maximum atomic E-state index is 6.55. The second-order valence-corrected chi connectivity index (χ2v) is 17.6. The SMILES string of the molecule is CC1(C)c2ccccc2-c2cc(-c3ccc(-c4ccc5oc6cccc(-c7nc(-c8cccc(-c9ccccc9)c8)nc(-c8ccc9oc%10ccccc%10c9c8)n7)c6c5c4)cc3)ccc21. The lowest BCUT2D eigenvalue weighted by Crippen LogP contribution is -2.14. The third-order valence-corrected chi connectivity index (χ3v) is 13.4. The van der Waals surface area contributed by atoms with Crippen molar-refractivity contribution in [3.05, 3.63) is 211 Å². The summed E-state index contributed by atoms with van der Waals surface area (Å²) in [5, 5.41) is 4.02. The van der Waals surface area contributed by atoms with Crippen molar-refractivity contribution in [3.8, 4) is 78.7 Å². The minimum atomic E-state index is -0.0159. The van der Waals surface area contributed by atoms with Crippen molar-refractivity contribution in [2.45, 2.75) is 19.3 Å². The highest BCUT2D eigenvalue weighted by Gasteiger charge is 2.35. The zero-order valence-electron chi connectivity index (χ0n) is 35.7. The number of para-hydroxylation sites is 1. The third-order valence-electron chi connectivity index (χ3n) is 13.4. The maximum absolute atomic E-state index is 6.55. The van der Waals surface area contributed by atoms with Crippen LogP contribution in [0.1, 0.15) is 25.0 Å². The van der Waals surface area contributed by atoms with Crippen LogP contribution >= 0.6 is 0 Å². The van der Waals surface area contributed by atoms with Crippen LogP contribution < -0.4 is 0 Å². The van der Waals surface area contributed by atoms with E-state index >= 15 is 0 Å². The Hall–Kier alpha value is -8.41. The van der Waals surface area contributed by atoms with Gasteiger partial charge in [0.25, 0.3) is 0 Å². The lowest BCUT2D eigenvalue weighted by Gasteiger charge is -2.21. The number of aromatic nitrogens is 3. The van der Waals surface area contributed by atoms with Gasteiger partial charge in [-0.15, -0.1) is 0 Å². The first kappa shape index (κ1) is 37.2. The van der Waals surface area contributed by atoms with Crippen molar-refractivity contribution in [3.63, 3.8) is 0 Å². The molecule has 0 spiro atoms. The summed E-state index contributed by atoms with van der Waals surface area (Å²) in [7, 11) is 0. The van der Waals surface area contributed by atoms with Crippen LogP contribution in [0, 0.1) is 0 Å². The maximum Gasteiger partial charge on any atom is 0.164 e. The van der Waals surface area contributed by atoms with E-state index in [9.17, 15) is 0 Å². The number of nitrogens with zero attached hydrogens (tertiary/aromatic N) is 3. The summed E-state index contributed by atoms with van der Waals surface area (Å²) in [6, 6.07) is 70.3. The van der Waals surface area contributed by atoms with Gasteiger partial charge in [-0.3, -0.25) is 0 Å². The largest absolute Gasteiger partial charge is 0.456 e. The fraction of sp³-hybridized carbons (Fsp3) is 0.0500. The van der Waals surface area contributed by atoms with Crippen molar-refractivity contribution in [1.29, 1.82) is 0 Å². The van der Waals surface area contributed by atoms with Crippen LogP contribution in [0.25, 0.3) is 123 Å². The van der Waals surface area contributed by atoms with E-state index in [1.165, 1.54) is 33.4 Å². The molecule has 0 unspecified atom stereocenters. The van der Waals surface area contributed by atoms with E-state index in [0.29, 0.717) is 17.5 Å². The second kappa shape index (κ2) is 14.3. The topological polar surface area (TPSA) is 65.0 Å². The van der Waals surface area contributed by atoms with Crippen molar-refractivity contribution in [1.82, 2.24) is 15.0 Å². The standard InChI is InChI=1S/C60H39N3O2/c1-60(2)50-19-8-6-16-44(50)47-33-40(26-29-51(47)60)37-22-24-38(25-23-37)41-27-30-54-49(34-41)56-46(18-11-21-55(56)65-54)59-62-57(42-15-10-14-39(32-42)36-12-4-3-5-13-36)61-58(63-59)43-28-31-53-48(35-43)45-17-7-9-20-52(45)64-53/h3-35H,1-2H3. The molecular formula is C60H39N3O2. The highest BCUT2D eigenvalue weighted by Crippen LogP contribution is 2.49. The Morgan fingerprint density at radius 1 is 0.308 bits per heavy atom. The number of fused-ring (bicyclic) bond motifs is 9. The minimum absolute atomic E-state index is 0.0159.